The number of nitrogens with zero attached hydrogens (tertiary/aromatic N) is 2. The number of H-pyrrole nitrogens is 1. The van der Waals surface area contributed by atoms with Gasteiger partial charge in [-0.05, 0) is 43.7 Å². The molecule has 1 fully saturated rings. The van der Waals surface area contributed by atoms with Crippen LogP contribution in [-0.4, -0.2) is 35.1 Å². The molecule has 24 heavy (non-hydrogen) atoms. The average molecular weight is 321 g/mol. The molecule has 1 aliphatic rings. The summed E-state index contributed by atoms with van der Waals surface area (Å²) in [6.07, 6.45) is 4.30. The van der Waals surface area contributed by atoms with Crippen molar-refractivity contribution in [3.05, 3.63) is 59.9 Å². The van der Waals surface area contributed by atoms with Crippen LogP contribution in [-0.2, 0) is 6.54 Å². The van der Waals surface area contributed by atoms with Gasteiger partial charge >= 0.3 is 0 Å². The van der Waals surface area contributed by atoms with Crippen molar-refractivity contribution in [1.82, 2.24) is 14.9 Å². The van der Waals surface area contributed by atoms with Crippen molar-refractivity contribution in [2.75, 3.05) is 20.2 Å². The largest absolute Gasteiger partial charge is 0.496 e. The topological polar surface area (TPSA) is 41.1 Å². The zero-order chi connectivity index (χ0) is 16.4. The molecule has 0 unspecified atom stereocenters. The second-order valence-corrected chi connectivity index (χ2v) is 6.55. The van der Waals surface area contributed by atoms with Gasteiger partial charge in [0.15, 0.2) is 0 Å². The zero-order valence-corrected chi connectivity index (χ0v) is 14.0. The molecule has 0 aliphatic carbocycles. The fourth-order valence-corrected chi connectivity index (χ4v) is 3.73. The number of aromatic amines is 1. The first-order valence-corrected chi connectivity index (χ1v) is 8.61. The zero-order valence-electron chi connectivity index (χ0n) is 14.0. The third-order valence-electron chi connectivity index (χ3n) is 4.94. The Morgan fingerprint density at radius 2 is 2.17 bits per heavy atom. The highest BCUT2D eigenvalue weighted by molar-refractivity contribution is 5.76. The number of benzene rings is 1. The normalized spacial score (nSPS) is 18.8. The predicted molar refractivity (Wildman–Crippen MR) is 96.3 cm³/mol. The van der Waals surface area contributed by atoms with E-state index < -0.39 is 0 Å². The summed E-state index contributed by atoms with van der Waals surface area (Å²) < 4.78 is 5.50. The van der Waals surface area contributed by atoms with Crippen molar-refractivity contribution in [2.24, 2.45) is 0 Å². The molecule has 124 valence electrons. The van der Waals surface area contributed by atoms with Crippen LogP contribution < -0.4 is 4.74 Å². The molecule has 1 aromatic carbocycles. The number of aromatic nitrogens is 2. The van der Waals surface area contributed by atoms with E-state index in [1.807, 2.05) is 24.4 Å². The number of ether oxygens (including phenoxy) is 1. The van der Waals surface area contributed by atoms with Crippen LogP contribution in [0, 0.1) is 0 Å². The van der Waals surface area contributed by atoms with Crippen molar-refractivity contribution in [1.29, 1.82) is 0 Å². The van der Waals surface area contributed by atoms with E-state index in [-0.39, 0.29) is 0 Å². The number of likely N-dealkylation sites (tertiary alicyclic amines) is 1. The van der Waals surface area contributed by atoms with Crippen molar-refractivity contribution < 1.29 is 4.74 Å². The third kappa shape index (κ3) is 3.02. The lowest BCUT2D eigenvalue weighted by Gasteiger charge is -2.32. The first-order chi connectivity index (χ1) is 11.8. The second-order valence-electron chi connectivity index (χ2n) is 6.55. The highest BCUT2D eigenvalue weighted by atomic mass is 16.5. The quantitative estimate of drug-likeness (QED) is 0.791. The SMILES string of the molecule is COc1ccccc1CN1CCC[C@@H](c2cc3cccnc3[nH]2)C1. The molecule has 1 atom stereocenters. The maximum Gasteiger partial charge on any atom is 0.137 e. The number of fused-ring (bicyclic) bond motifs is 1. The predicted octanol–water partition coefficient (Wildman–Crippen LogP) is 3.95. The summed E-state index contributed by atoms with van der Waals surface area (Å²) >= 11 is 0. The van der Waals surface area contributed by atoms with Gasteiger partial charge in [-0.1, -0.05) is 18.2 Å². The molecule has 3 aromatic rings. The lowest BCUT2D eigenvalue weighted by atomic mass is 9.94. The van der Waals surface area contributed by atoms with Crippen LogP contribution in [0.4, 0.5) is 0 Å². The van der Waals surface area contributed by atoms with E-state index in [4.69, 9.17) is 4.74 Å². The molecule has 1 N–H and O–H groups in total. The molecular formula is C20H23N3O. The highest BCUT2D eigenvalue weighted by Crippen LogP contribution is 2.30. The van der Waals surface area contributed by atoms with Crippen molar-refractivity contribution in [2.45, 2.75) is 25.3 Å². The molecule has 4 nitrogen and oxygen atoms in total. The van der Waals surface area contributed by atoms with Crippen LogP contribution in [0.25, 0.3) is 11.0 Å². The Hall–Kier alpha value is -2.33. The summed E-state index contributed by atoms with van der Waals surface area (Å²) in [5.41, 5.74) is 3.57. The Balaban J connectivity index is 1.51. The van der Waals surface area contributed by atoms with E-state index >= 15 is 0 Å². The maximum absolute atomic E-state index is 5.50. The van der Waals surface area contributed by atoms with Gasteiger partial charge in [0.05, 0.1) is 7.11 Å². The van der Waals surface area contributed by atoms with Crippen LogP contribution in [0.2, 0.25) is 0 Å². The van der Waals surface area contributed by atoms with Gasteiger partial charge < -0.3 is 9.72 Å². The van der Waals surface area contributed by atoms with Gasteiger partial charge in [-0.25, -0.2) is 4.98 Å². The molecular weight excluding hydrogens is 298 g/mol. The van der Waals surface area contributed by atoms with Gasteiger partial charge in [-0.2, -0.15) is 0 Å². The summed E-state index contributed by atoms with van der Waals surface area (Å²) in [6.45, 7) is 3.16. The van der Waals surface area contributed by atoms with E-state index in [1.54, 1.807) is 7.11 Å². The Morgan fingerprint density at radius 1 is 1.25 bits per heavy atom. The first-order valence-electron chi connectivity index (χ1n) is 8.61. The van der Waals surface area contributed by atoms with Crippen LogP contribution in [0.5, 0.6) is 5.75 Å². The highest BCUT2D eigenvalue weighted by Gasteiger charge is 2.23. The molecule has 1 saturated heterocycles. The molecule has 1 aliphatic heterocycles. The Morgan fingerprint density at radius 3 is 3.04 bits per heavy atom. The molecule has 0 spiro atoms. The number of pyridine rings is 1. The number of nitrogens with one attached hydrogen (secondary N) is 1. The number of methoxy groups -OCH3 is 1. The summed E-state index contributed by atoms with van der Waals surface area (Å²) in [6, 6.07) is 14.7. The van der Waals surface area contributed by atoms with E-state index in [2.05, 4.69) is 39.1 Å². The maximum atomic E-state index is 5.50. The molecule has 0 bridgehead atoms. The number of hydrogen-bond acceptors (Lipinski definition) is 3. The average Bonchev–Trinajstić information content (AvgIpc) is 3.07. The Bertz CT molecular complexity index is 793. The van der Waals surface area contributed by atoms with E-state index in [0.717, 1.165) is 31.0 Å². The van der Waals surface area contributed by atoms with Gasteiger partial charge in [0.1, 0.15) is 11.4 Å². The van der Waals surface area contributed by atoms with Crippen LogP contribution in [0.3, 0.4) is 0 Å². The molecule has 0 radical (unpaired) electrons. The summed E-state index contributed by atoms with van der Waals surface area (Å²) in [5, 5.41) is 1.20. The second kappa shape index (κ2) is 6.65. The van der Waals surface area contributed by atoms with Crippen LogP contribution >= 0.6 is 0 Å². The Kier molecular flexibility index (Phi) is 4.22. The molecule has 2 aromatic heterocycles. The summed E-state index contributed by atoms with van der Waals surface area (Å²) in [7, 11) is 1.75. The van der Waals surface area contributed by atoms with Gasteiger partial charge in [0.2, 0.25) is 0 Å². The minimum Gasteiger partial charge on any atom is -0.496 e. The molecule has 0 saturated carbocycles. The first kappa shape index (κ1) is 15.2. The number of piperidine rings is 1. The fraction of sp³-hybridized carbons (Fsp3) is 0.350. The monoisotopic (exact) mass is 321 g/mol. The molecule has 4 heteroatoms. The van der Waals surface area contributed by atoms with Crippen molar-refractivity contribution in [3.63, 3.8) is 0 Å². The van der Waals surface area contributed by atoms with E-state index in [1.165, 1.54) is 29.5 Å². The van der Waals surface area contributed by atoms with Gasteiger partial charge in [0.25, 0.3) is 0 Å². The van der Waals surface area contributed by atoms with E-state index in [0.29, 0.717) is 5.92 Å². The molecule has 3 heterocycles. The van der Waals surface area contributed by atoms with Crippen molar-refractivity contribution >= 4 is 11.0 Å². The smallest absolute Gasteiger partial charge is 0.137 e. The van der Waals surface area contributed by atoms with Gasteiger partial charge in [-0.3, -0.25) is 4.90 Å². The molecule has 0 amide bonds. The van der Waals surface area contributed by atoms with Gasteiger partial charge in [-0.15, -0.1) is 0 Å². The number of hydrogen-bond donors (Lipinski definition) is 1. The molecule has 4 rings (SSSR count). The standard InChI is InChI=1S/C20H23N3O/c1-24-19-9-3-2-6-17(19)14-23-11-5-8-16(13-23)18-12-15-7-4-10-21-20(15)22-18/h2-4,6-7,9-10,12,16H,5,8,11,13-14H2,1H3,(H,21,22)/t16-/m1/s1. The number of para-hydroxylation sites is 1. The van der Waals surface area contributed by atoms with Crippen LogP contribution in [0.1, 0.15) is 30.0 Å². The Labute approximate surface area is 142 Å². The summed E-state index contributed by atoms with van der Waals surface area (Å²) in [5.74, 6) is 1.53. The van der Waals surface area contributed by atoms with Gasteiger partial charge in [0, 0.05) is 41.8 Å². The van der Waals surface area contributed by atoms with Crippen molar-refractivity contribution in [3.8, 4) is 5.75 Å². The third-order valence-corrected chi connectivity index (χ3v) is 4.94. The van der Waals surface area contributed by atoms with Crippen LogP contribution in [0.15, 0.2) is 48.7 Å². The lowest BCUT2D eigenvalue weighted by Crippen LogP contribution is -2.34. The van der Waals surface area contributed by atoms with E-state index in [9.17, 15) is 0 Å². The minimum atomic E-state index is 0.544. The lowest BCUT2D eigenvalue weighted by molar-refractivity contribution is 0.196. The minimum absolute atomic E-state index is 0.544. The number of rotatable bonds is 4. The fourth-order valence-electron chi connectivity index (χ4n) is 3.73. The summed E-state index contributed by atoms with van der Waals surface area (Å²) in [4.78, 5) is 10.5.